The number of benzene rings is 12. The Hall–Kier alpha value is -8.98. The van der Waals surface area contributed by atoms with E-state index in [1.165, 1.54) is 65.7 Å². The van der Waals surface area contributed by atoms with Gasteiger partial charge in [-0.25, -0.2) is 0 Å². The van der Waals surface area contributed by atoms with Gasteiger partial charge in [0.05, 0.1) is 0 Å². The molecule has 0 aliphatic rings. The van der Waals surface area contributed by atoms with Crippen LogP contribution in [0.1, 0.15) is 0 Å². The molecule has 12 aromatic carbocycles. The van der Waals surface area contributed by atoms with Crippen LogP contribution in [0.15, 0.2) is 279 Å². The van der Waals surface area contributed by atoms with E-state index >= 15 is 0 Å². The molecule has 68 heavy (non-hydrogen) atoms. The topological polar surface area (TPSA) is 6.48 Å². The molecule has 320 valence electrons. The summed E-state index contributed by atoms with van der Waals surface area (Å²) >= 11 is 0. The number of fused-ring (bicyclic) bond motifs is 6. The summed E-state index contributed by atoms with van der Waals surface area (Å²) in [6.45, 7) is 0. The third-order valence-corrected chi connectivity index (χ3v) is 13.2. The summed E-state index contributed by atoms with van der Waals surface area (Å²) in [5.74, 6) is 0. The molecule has 2 nitrogen and oxygen atoms in total. The predicted octanol–water partition coefficient (Wildman–Crippen LogP) is 18.8. The average Bonchev–Trinajstić information content (AvgIpc) is 3.42. The van der Waals surface area contributed by atoms with Crippen molar-refractivity contribution >= 4 is 66.4 Å². The second-order valence-corrected chi connectivity index (χ2v) is 17.2. The summed E-state index contributed by atoms with van der Waals surface area (Å²) in [4.78, 5) is 4.69. The van der Waals surface area contributed by atoms with Gasteiger partial charge in [-0.1, -0.05) is 194 Å². The SMILES string of the molecule is c1ccc(-c2cc(-c3ccccc3)c3c4ccc(N(c5ccccc5)c5ccccc5)cc4c4cc(-c5ccc(N(c6ccccc6)c6ccccc6)cc5)ccc4c3c2-c2ccccc2)cc1. The van der Waals surface area contributed by atoms with Gasteiger partial charge in [0.1, 0.15) is 0 Å². The second kappa shape index (κ2) is 17.8. The lowest BCUT2D eigenvalue weighted by Crippen LogP contribution is -2.09. The lowest BCUT2D eigenvalue weighted by Gasteiger charge is -2.27. The molecule has 0 N–H and O–H groups in total. The minimum Gasteiger partial charge on any atom is -0.311 e. The first-order valence-corrected chi connectivity index (χ1v) is 23.3. The van der Waals surface area contributed by atoms with Crippen LogP contribution in [0.5, 0.6) is 0 Å². The predicted molar refractivity (Wildman–Crippen MR) is 290 cm³/mol. The van der Waals surface area contributed by atoms with Crippen LogP contribution in [-0.2, 0) is 0 Å². The highest BCUT2D eigenvalue weighted by Gasteiger charge is 2.23. The fourth-order valence-electron chi connectivity index (χ4n) is 10.1. The highest BCUT2D eigenvalue weighted by Crippen LogP contribution is 2.51. The number of nitrogens with zero attached hydrogens (tertiary/aromatic N) is 2. The fraction of sp³-hybridized carbons (Fsp3) is 0. The van der Waals surface area contributed by atoms with Gasteiger partial charge in [-0.15, -0.1) is 0 Å². The smallest absolute Gasteiger partial charge is 0.0468 e. The highest BCUT2D eigenvalue weighted by atomic mass is 15.1. The van der Waals surface area contributed by atoms with E-state index in [2.05, 4.69) is 289 Å². The van der Waals surface area contributed by atoms with E-state index in [0.29, 0.717) is 0 Å². The molecule has 12 aromatic rings. The Balaban J connectivity index is 1.16. The Morgan fingerprint density at radius 1 is 0.191 bits per heavy atom. The van der Waals surface area contributed by atoms with Crippen molar-refractivity contribution in [1.29, 1.82) is 0 Å². The molecule has 0 saturated heterocycles. The van der Waals surface area contributed by atoms with Crippen molar-refractivity contribution in [2.45, 2.75) is 0 Å². The molecule has 0 aromatic heterocycles. The van der Waals surface area contributed by atoms with E-state index in [4.69, 9.17) is 0 Å². The van der Waals surface area contributed by atoms with E-state index in [-0.39, 0.29) is 0 Å². The van der Waals surface area contributed by atoms with Crippen molar-refractivity contribution in [3.63, 3.8) is 0 Å². The van der Waals surface area contributed by atoms with Crippen molar-refractivity contribution in [2.24, 2.45) is 0 Å². The van der Waals surface area contributed by atoms with Crippen molar-refractivity contribution < 1.29 is 0 Å². The molecule has 0 amide bonds. The van der Waals surface area contributed by atoms with Crippen LogP contribution in [0.2, 0.25) is 0 Å². The lowest BCUT2D eigenvalue weighted by atomic mass is 9.81. The molecule has 0 radical (unpaired) electrons. The van der Waals surface area contributed by atoms with Gasteiger partial charge in [-0.2, -0.15) is 0 Å². The van der Waals surface area contributed by atoms with Crippen LogP contribution in [-0.4, -0.2) is 0 Å². The van der Waals surface area contributed by atoms with E-state index in [1.807, 2.05) is 0 Å². The highest BCUT2D eigenvalue weighted by molar-refractivity contribution is 6.33. The minimum absolute atomic E-state index is 1.10. The Labute approximate surface area is 397 Å². The molecule has 0 bridgehead atoms. The molecule has 0 spiro atoms. The summed E-state index contributed by atoms with van der Waals surface area (Å²) < 4.78 is 0. The number of hydrogen-bond donors (Lipinski definition) is 0. The van der Waals surface area contributed by atoms with Gasteiger partial charge in [-0.3, -0.25) is 0 Å². The van der Waals surface area contributed by atoms with Gasteiger partial charge >= 0.3 is 0 Å². The van der Waals surface area contributed by atoms with Crippen molar-refractivity contribution in [1.82, 2.24) is 0 Å². The number of anilines is 6. The summed E-state index contributed by atoms with van der Waals surface area (Å²) in [5.41, 5.74) is 16.2. The van der Waals surface area contributed by atoms with Crippen molar-refractivity contribution in [3.05, 3.63) is 279 Å². The Bertz CT molecular complexity index is 3590. The summed E-state index contributed by atoms with van der Waals surface area (Å²) in [6.07, 6.45) is 0. The molecule has 12 rings (SSSR count). The number of hydrogen-bond acceptors (Lipinski definition) is 2. The molecule has 0 unspecified atom stereocenters. The van der Waals surface area contributed by atoms with Crippen LogP contribution in [0.25, 0.3) is 76.8 Å². The first-order valence-electron chi connectivity index (χ1n) is 23.3. The first-order chi connectivity index (χ1) is 33.8. The zero-order valence-electron chi connectivity index (χ0n) is 37.5. The summed E-state index contributed by atoms with van der Waals surface area (Å²) in [6, 6.07) is 101. The molecule has 0 saturated carbocycles. The number of para-hydroxylation sites is 4. The van der Waals surface area contributed by atoms with Gasteiger partial charge in [0, 0.05) is 34.1 Å². The monoisotopic (exact) mass is 866 g/mol. The van der Waals surface area contributed by atoms with Crippen LogP contribution >= 0.6 is 0 Å². The summed E-state index contributed by atoms with van der Waals surface area (Å²) in [5, 5.41) is 7.31. The van der Waals surface area contributed by atoms with Gasteiger partial charge in [0.25, 0.3) is 0 Å². The van der Waals surface area contributed by atoms with E-state index in [9.17, 15) is 0 Å². The fourth-order valence-corrected chi connectivity index (χ4v) is 10.1. The van der Waals surface area contributed by atoms with Crippen LogP contribution < -0.4 is 9.80 Å². The lowest BCUT2D eigenvalue weighted by molar-refractivity contribution is 1.28. The maximum absolute atomic E-state index is 2.44. The molecular formula is C66H46N2. The Morgan fingerprint density at radius 2 is 0.544 bits per heavy atom. The maximum Gasteiger partial charge on any atom is 0.0468 e. The van der Waals surface area contributed by atoms with Gasteiger partial charge < -0.3 is 9.80 Å². The molecule has 2 heteroatoms. The third-order valence-electron chi connectivity index (χ3n) is 13.2. The zero-order chi connectivity index (χ0) is 45.2. The normalized spacial score (nSPS) is 11.2. The quantitative estimate of drug-likeness (QED) is 0.126. The Kier molecular flexibility index (Phi) is 10.6. The van der Waals surface area contributed by atoms with Crippen molar-refractivity contribution in [3.8, 4) is 44.5 Å². The first kappa shape index (κ1) is 40.5. The molecule has 0 fully saturated rings. The van der Waals surface area contributed by atoms with Crippen molar-refractivity contribution in [2.75, 3.05) is 9.80 Å². The van der Waals surface area contributed by atoms with E-state index < -0.39 is 0 Å². The molecule has 0 aliphatic heterocycles. The number of rotatable bonds is 10. The second-order valence-electron chi connectivity index (χ2n) is 17.2. The van der Waals surface area contributed by atoms with Gasteiger partial charge in [0.2, 0.25) is 0 Å². The zero-order valence-corrected chi connectivity index (χ0v) is 37.5. The molecule has 0 atom stereocenters. The van der Waals surface area contributed by atoms with E-state index in [1.54, 1.807) is 0 Å². The van der Waals surface area contributed by atoms with Crippen LogP contribution in [0.3, 0.4) is 0 Å². The summed E-state index contributed by atoms with van der Waals surface area (Å²) in [7, 11) is 0. The maximum atomic E-state index is 2.44. The average molecular weight is 867 g/mol. The molecular weight excluding hydrogens is 821 g/mol. The van der Waals surface area contributed by atoms with E-state index in [0.717, 1.165) is 45.3 Å². The minimum atomic E-state index is 1.10. The molecule has 0 heterocycles. The van der Waals surface area contributed by atoms with Gasteiger partial charge in [0.15, 0.2) is 0 Å². The third kappa shape index (κ3) is 7.45. The van der Waals surface area contributed by atoms with Gasteiger partial charge in [-0.05, 0) is 162 Å². The molecule has 0 aliphatic carbocycles. The largest absolute Gasteiger partial charge is 0.311 e. The van der Waals surface area contributed by atoms with Crippen LogP contribution in [0.4, 0.5) is 34.1 Å². The Morgan fingerprint density at radius 3 is 1.04 bits per heavy atom. The van der Waals surface area contributed by atoms with Crippen LogP contribution in [0, 0.1) is 0 Å². The standard InChI is InChI=1S/C66H46N2/c1-8-22-48(23-9-1)60-46-61(49-24-10-2-11-25-49)65-58-43-41-57(68(54-32-18-6-19-33-54)55-34-20-7-21-35-55)45-63(58)62-44-51(38-42-59(62)66(65)64(60)50-26-12-3-13-27-50)47-36-39-56(40-37-47)67(52-28-14-4-15-29-52)53-30-16-5-17-31-53/h1-46H.